The third-order valence-corrected chi connectivity index (χ3v) is 6.62. The van der Waals surface area contributed by atoms with Crippen LogP contribution in [0.3, 0.4) is 0 Å². The van der Waals surface area contributed by atoms with Gasteiger partial charge < -0.3 is 14.2 Å². The summed E-state index contributed by atoms with van der Waals surface area (Å²) in [5, 5.41) is 0. The molecule has 34 heavy (non-hydrogen) atoms. The fraction of sp³-hybridized carbons (Fsp3) is 0.462. The van der Waals surface area contributed by atoms with Crippen LogP contribution in [0.5, 0.6) is 0 Å². The molecule has 4 heterocycles. The lowest BCUT2D eigenvalue weighted by Crippen LogP contribution is -2.40. The smallest absolute Gasteiger partial charge is 0.272 e. The van der Waals surface area contributed by atoms with E-state index in [1.165, 1.54) is 18.6 Å². The van der Waals surface area contributed by atoms with Crippen LogP contribution in [0.25, 0.3) is 0 Å². The minimum atomic E-state index is -0.254. The van der Waals surface area contributed by atoms with Crippen LogP contribution < -0.4 is 4.90 Å². The lowest BCUT2D eigenvalue weighted by molar-refractivity contribution is 0.0691. The first-order chi connectivity index (χ1) is 16.5. The molecule has 7 nitrogen and oxygen atoms in total. The van der Waals surface area contributed by atoms with Crippen molar-refractivity contribution in [3.05, 3.63) is 70.9 Å². The lowest BCUT2D eigenvalue weighted by Gasteiger charge is -2.31. The predicted molar refractivity (Wildman–Crippen MR) is 126 cm³/mol. The third-order valence-electron chi connectivity index (χ3n) is 6.62. The van der Waals surface area contributed by atoms with Crippen molar-refractivity contribution in [2.75, 3.05) is 31.1 Å². The first kappa shape index (κ1) is 22.5. The van der Waals surface area contributed by atoms with E-state index in [0.717, 1.165) is 55.8 Å². The molecule has 0 N–H and O–H groups in total. The molecule has 0 aliphatic carbocycles. The molecule has 1 unspecified atom stereocenters. The van der Waals surface area contributed by atoms with Crippen LogP contribution in [0.4, 0.5) is 10.3 Å². The van der Waals surface area contributed by atoms with Crippen molar-refractivity contribution in [2.45, 2.75) is 51.4 Å². The number of nitrogens with zero attached hydrogens (tertiary/aromatic N) is 5. The number of benzene rings is 1. The quantitative estimate of drug-likeness (QED) is 0.554. The highest BCUT2D eigenvalue weighted by Crippen LogP contribution is 2.28. The summed E-state index contributed by atoms with van der Waals surface area (Å²) in [5.41, 5.74) is 2.23. The summed E-state index contributed by atoms with van der Waals surface area (Å²) in [6, 6.07) is 8.18. The Labute approximate surface area is 199 Å². The lowest BCUT2D eigenvalue weighted by atomic mass is 9.97. The SMILES string of the molecule is Cc1cc(C(=O)N2CCCC(c3ncc(Cc4ccc(F)cc4)o3)C2)nc(N2CCCCC2)n1. The number of hydrogen-bond donors (Lipinski definition) is 0. The van der Waals surface area contributed by atoms with Crippen molar-refractivity contribution in [2.24, 2.45) is 0 Å². The van der Waals surface area contributed by atoms with Gasteiger partial charge in [-0.15, -0.1) is 0 Å². The Hall–Kier alpha value is -3.29. The Morgan fingerprint density at radius 3 is 2.68 bits per heavy atom. The van der Waals surface area contributed by atoms with Crippen LogP contribution >= 0.6 is 0 Å². The zero-order valence-electron chi connectivity index (χ0n) is 19.5. The summed E-state index contributed by atoms with van der Waals surface area (Å²) in [6.07, 6.45) is 7.59. The Balaban J connectivity index is 1.27. The number of piperidine rings is 2. The van der Waals surface area contributed by atoms with E-state index in [4.69, 9.17) is 4.42 Å². The standard InChI is InChI=1S/C26H30FN5O2/c1-18-14-23(30-26(29-18)31-11-3-2-4-12-31)25(33)32-13-5-6-20(17-32)24-28-16-22(34-24)15-19-7-9-21(27)10-8-19/h7-10,14,16,20H,2-6,11-13,15,17H2,1H3. The van der Waals surface area contributed by atoms with E-state index in [1.807, 2.05) is 11.8 Å². The summed E-state index contributed by atoms with van der Waals surface area (Å²) in [4.78, 5) is 31.1. The number of carbonyl (C=O) groups is 1. The second-order valence-corrected chi connectivity index (χ2v) is 9.30. The van der Waals surface area contributed by atoms with E-state index in [9.17, 15) is 9.18 Å². The molecule has 1 aromatic carbocycles. The fourth-order valence-electron chi connectivity index (χ4n) is 4.82. The van der Waals surface area contributed by atoms with E-state index in [2.05, 4.69) is 19.9 Å². The summed E-state index contributed by atoms with van der Waals surface area (Å²) < 4.78 is 19.2. The van der Waals surface area contributed by atoms with Crippen molar-refractivity contribution in [3.8, 4) is 0 Å². The van der Waals surface area contributed by atoms with Crippen LogP contribution in [-0.2, 0) is 6.42 Å². The molecule has 0 saturated carbocycles. The van der Waals surface area contributed by atoms with Crippen LogP contribution in [0.15, 0.2) is 40.9 Å². The minimum absolute atomic E-state index is 0.0455. The molecular formula is C26H30FN5O2. The number of anilines is 1. The van der Waals surface area contributed by atoms with Gasteiger partial charge in [0, 0.05) is 38.3 Å². The molecule has 2 fully saturated rings. The van der Waals surface area contributed by atoms with Crippen molar-refractivity contribution in [1.29, 1.82) is 0 Å². The Morgan fingerprint density at radius 2 is 1.88 bits per heavy atom. The maximum atomic E-state index is 13.4. The van der Waals surface area contributed by atoms with Gasteiger partial charge >= 0.3 is 0 Å². The number of oxazole rings is 1. The van der Waals surface area contributed by atoms with Gasteiger partial charge in [-0.25, -0.2) is 19.3 Å². The zero-order valence-corrected chi connectivity index (χ0v) is 19.5. The summed E-state index contributed by atoms with van der Waals surface area (Å²) >= 11 is 0. The highest BCUT2D eigenvalue weighted by molar-refractivity contribution is 5.92. The van der Waals surface area contributed by atoms with Gasteiger partial charge in [-0.2, -0.15) is 0 Å². The highest BCUT2D eigenvalue weighted by Gasteiger charge is 2.29. The van der Waals surface area contributed by atoms with Crippen LogP contribution in [0.2, 0.25) is 0 Å². The Bertz CT molecular complexity index is 1140. The maximum absolute atomic E-state index is 13.4. The summed E-state index contributed by atoms with van der Waals surface area (Å²) in [6.45, 7) is 5.04. The molecule has 2 aromatic heterocycles. The van der Waals surface area contributed by atoms with E-state index in [0.29, 0.717) is 37.0 Å². The normalized spacial score (nSPS) is 18.8. The number of aromatic nitrogens is 3. The molecular weight excluding hydrogens is 433 g/mol. The van der Waals surface area contributed by atoms with Crippen molar-refractivity contribution in [3.63, 3.8) is 0 Å². The van der Waals surface area contributed by atoms with Crippen LogP contribution in [-0.4, -0.2) is 51.9 Å². The number of likely N-dealkylation sites (tertiary alicyclic amines) is 1. The Morgan fingerprint density at radius 1 is 1.09 bits per heavy atom. The molecule has 0 radical (unpaired) electrons. The highest BCUT2D eigenvalue weighted by atomic mass is 19.1. The van der Waals surface area contributed by atoms with Gasteiger partial charge in [0.2, 0.25) is 5.95 Å². The van der Waals surface area contributed by atoms with Gasteiger partial charge in [-0.05, 0) is 62.8 Å². The maximum Gasteiger partial charge on any atom is 0.272 e. The predicted octanol–water partition coefficient (Wildman–Crippen LogP) is 4.51. The first-order valence-corrected chi connectivity index (χ1v) is 12.1. The molecule has 3 aromatic rings. The van der Waals surface area contributed by atoms with Crippen molar-refractivity contribution in [1.82, 2.24) is 19.9 Å². The molecule has 8 heteroatoms. The summed E-state index contributed by atoms with van der Waals surface area (Å²) in [7, 11) is 0. The number of amides is 1. The van der Waals surface area contributed by atoms with Gasteiger partial charge in [-0.1, -0.05) is 12.1 Å². The minimum Gasteiger partial charge on any atom is -0.445 e. The van der Waals surface area contributed by atoms with E-state index < -0.39 is 0 Å². The first-order valence-electron chi connectivity index (χ1n) is 12.1. The second kappa shape index (κ2) is 9.91. The van der Waals surface area contributed by atoms with Gasteiger partial charge in [-0.3, -0.25) is 4.79 Å². The van der Waals surface area contributed by atoms with Crippen molar-refractivity contribution < 1.29 is 13.6 Å². The van der Waals surface area contributed by atoms with Crippen molar-refractivity contribution >= 4 is 11.9 Å². The molecule has 2 aliphatic heterocycles. The molecule has 178 valence electrons. The third kappa shape index (κ3) is 5.11. The van der Waals surface area contributed by atoms with Gasteiger partial charge in [0.25, 0.3) is 5.91 Å². The van der Waals surface area contributed by atoms with Gasteiger partial charge in [0.05, 0.1) is 12.1 Å². The number of halogens is 1. The number of rotatable bonds is 5. The largest absolute Gasteiger partial charge is 0.445 e. The molecule has 1 amide bonds. The molecule has 2 saturated heterocycles. The summed E-state index contributed by atoms with van der Waals surface area (Å²) in [5.74, 6) is 1.78. The van der Waals surface area contributed by atoms with Gasteiger partial charge in [0.15, 0.2) is 5.89 Å². The average Bonchev–Trinajstić information content (AvgIpc) is 3.34. The van der Waals surface area contributed by atoms with E-state index in [1.54, 1.807) is 24.4 Å². The van der Waals surface area contributed by atoms with Crippen LogP contribution in [0.1, 0.15) is 71.4 Å². The fourth-order valence-corrected chi connectivity index (χ4v) is 4.82. The average molecular weight is 464 g/mol. The monoisotopic (exact) mass is 463 g/mol. The molecule has 1 atom stereocenters. The second-order valence-electron chi connectivity index (χ2n) is 9.30. The molecule has 0 spiro atoms. The number of aryl methyl sites for hydroxylation is 1. The van der Waals surface area contributed by atoms with Gasteiger partial charge in [0.1, 0.15) is 17.3 Å². The van der Waals surface area contributed by atoms with E-state index in [-0.39, 0.29) is 17.6 Å². The molecule has 2 aliphatic rings. The Kier molecular flexibility index (Phi) is 6.56. The number of hydrogen-bond acceptors (Lipinski definition) is 6. The topological polar surface area (TPSA) is 75.4 Å². The van der Waals surface area contributed by atoms with E-state index >= 15 is 0 Å². The molecule has 0 bridgehead atoms. The number of carbonyl (C=O) groups excluding carboxylic acids is 1. The zero-order chi connectivity index (χ0) is 23.5. The molecule has 5 rings (SSSR count). The van der Waals surface area contributed by atoms with Crippen LogP contribution in [0, 0.1) is 12.7 Å².